The van der Waals surface area contributed by atoms with Gasteiger partial charge in [0.1, 0.15) is 0 Å². The molecule has 1 unspecified atom stereocenters. The van der Waals surface area contributed by atoms with Gasteiger partial charge >= 0.3 is 0 Å². The maximum atomic E-state index is 9.64. The molecule has 0 aliphatic carbocycles. The summed E-state index contributed by atoms with van der Waals surface area (Å²) in [5.74, 6) is 0. The fourth-order valence-electron chi connectivity index (χ4n) is 2.18. The highest BCUT2D eigenvalue weighted by Gasteiger charge is 2.25. The van der Waals surface area contributed by atoms with Crippen molar-refractivity contribution in [2.75, 3.05) is 39.3 Å². The predicted octanol–water partition coefficient (Wildman–Crippen LogP) is 0.866. The fraction of sp³-hybridized carbons (Fsp3) is 0.917. The number of aliphatic hydroxyl groups is 1. The molecule has 2 rings (SSSR count). The molecule has 1 N–H and O–H groups in total. The minimum absolute atomic E-state index is 0.167. The van der Waals surface area contributed by atoms with E-state index in [0.717, 1.165) is 45.7 Å². The van der Waals surface area contributed by atoms with E-state index in [2.05, 4.69) is 21.7 Å². The van der Waals surface area contributed by atoms with Crippen LogP contribution in [0.1, 0.15) is 20.3 Å². The number of amidine groups is 1. The van der Waals surface area contributed by atoms with Crippen molar-refractivity contribution in [1.29, 1.82) is 0 Å². The molecular formula is C12H23N3OS. The summed E-state index contributed by atoms with van der Waals surface area (Å²) in [5.41, 5.74) is 0. The molecule has 2 heterocycles. The second-order valence-electron chi connectivity index (χ2n) is 4.90. The van der Waals surface area contributed by atoms with Gasteiger partial charge in [-0.2, -0.15) is 0 Å². The Hall–Kier alpha value is -0.260. The number of hydrogen-bond donors (Lipinski definition) is 1. The number of aliphatic imine (C=N–C) groups is 1. The van der Waals surface area contributed by atoms with Gasteiger partial charge in [0.05, 0.1) is 12.6 Å². The quantitative estimate of drug-likeness (QED) is 0.814. The lowest BCUT2D eigenvalue weighted by molar-refractivity contribution is 0.0880. The number of piperazine rings is 1. The molecule has 1 fully saturated rings. The standard InChI is InChI=1S/C12H23N3OS/c1-3-11(16)9-14-4-6-15(7-5-14)12-13-8-10(2)17-12/h10-11,16H,3-9H2,1-2H3/t10?,11-/m1/s1. The second-order valence-corrected chi connectivity index (χ2v) is 6.31. The molecule has 4 nitrogen and oxygen atoms in total. The first kappa shape index (κ1) is 13.2. The van der Waals surface area contributed by atoms with Gasteiger partial charge in [-0.1, -0.05) is 25.6 Å². The van der Waals surface area contributed by atoms with Crippen molar-refractivity contribution >= 4 is 16.9 Å². The van der Waals surface area contributed by atoms with Gasteiger partial charge in [0.25, 0.3) is 0 Å². The van der Waals surface area contributed by atoms with E-state index in [9.17, 15) is 5.11 Å². The zero-order chi connectivity index (χ0) is 12.3. The molecule has 2 aliphatic heterocycles. The van der Waals surface area contributed by atoms with Crippen molar-refractivity contribution in [3.8, 4) is 0 Å². The van der Waals surface area contributed by atoms with Crippen LogP contribution in [0.5, 0.6) is 0 Å². The Kier molecular flexibility index (Phi) is 4.70. The molecule has 17 heavy (non-hydrogen) atoms. The second kappa shape index (κ2) is 6.07. The summed E-state index contributed by atoms with van der Waals surface area (Å²) >= 11 is 1.90. The van der Waals surface area contributed by atoms with Gasteiger partial charge in [0.2, 0.25) is 0 Å². The van der Waals surface area contributed by atoms with Crippen LogP contribution < -0.4 is 0 Å². The van der Waals surface area contributed by atoms with Crippen molar-refractivity contribution in [3.05, 3.63) is 0 Å². The topological polar surface area (TPSA) is 39.1 Å². The zero-order valence-electron chi connectivity index (χ0n) is 10.8. The maximum Gasteiger partial charge on any atom is 0.159 e. The third-order valence-electron chi connectivity index (χ3n) is 3.37. The van der Waals surface area contributed by atoms with E-state index in [-0.39, 0.29) is 6.10 Å². The lowest BCUT2D eigenvalue weighted by Crippen LogP contribution is -2.49. The molecule has 1 saturated heterocycles. The van der Waals surface area contributed by atoms with E-state index in [1.54, 1.807) is 0 Å². The molecule has 0 saturated carbocycles. The van der Waals surface area contributed by atoms with Crippen LogP contribution in [0.3, 0.4) is 0 Å². The normalized spacial score (nSPS) is 28.3. The summed E-state index contributed by atoms with van der Waals surface area (Å²) in [7, 11) is 0. The van der Waals surface area contributed by atoms with Crippen molar-refractivity contribution in [1.82, 2.24) is 9.80 Å². The van der Waals surface area contributed by atoms with Crippen LogP contribution in [-0.2, 0) is 0 Å². The highest BCUT2D eigenvalue weighted by atomic mass is 32.2. The van der Waals surface area contributed by atoms with Crippen molar-refractivity contribution in [3.63, 3.8) is 0 Å². The largest absolute Gasteiger partial charge is 0.392 e. The molecule has 2 atom stereocenters. The van der Waals surface area contributed by atoms with Crippen LogP contribution in [0.4, 0.5) is 0 Å². The molecule has 0 aromatic heterocycles. The van der Waals surface area contributed by atoms with Gasteiger partial charge in [-0.3, -0.25) is 9.89 Å². The summed E-state index contributed by atoms with van der Waals surface area (Å²) < 4.78 is 0. The Morgan fingerprint density at radius 3 is 2.65 bits per heavy atom. The number of thioether (sulfide) groups is 1. The van der Waals surface area contributed by atoms with Gasteiger partial charge < -0.3 is 10.0 Å². The molecular weight excluding hydrogens is 234 g/mol. The van der Waals surface area contributed by atoms with Crippen molar-refractivity contribution < 1.29 is 5.11 Å². The Morgan fingerprint density at radius 2 is 2.12 bits per heavy atom. The molecule has 0 aromatic rings. The first-order valence-corrected chi connectivity index (χ1v) is 7.43. The third kappa shape index (κ3) is 3.60. The monoisotopic (exact) mass is 257 g/mol. The Morgan fingerprint density at radius 1 is 1.41 bits per heavy atom. The first-order chi connectivity index (χ1) is 8.19. The molecule has 0 spiro atoms. The molecule has 0 amide bonds. The minimum Gasteiger partial charge on any atom is -0.392 e. The summed E-state index contributed by atoms with van der Waals surface area (Å²) in [6, 6.07) is 0. The minimum atomic E-state index is -0.167. The van der Waals surface area contributed by atoms with Gasteiger partial charge in [-0.05, 0) is 6.42 Å². The summed E-state index contributed by atoms with van der Waals surface area (Å²) in [4.78, 5) is 9.33. The van der Waals surface area contributed by atoms with Crippen LogP contribution in [0, 0.1) is 0 Å². The zero-order valence-corrected chi connectivity index (χ0v) is 11.6. The van der Waals surface area contributed by atoms with Crippen LogP contribution in [-0.4, -0.2) is 70.7 Å². The number of β-amino-alcohol motifs (C(OH)–C–C–N with tert-alkyl or cyclic N) is 1. The predicted molar refractivity (Wildman–Crippen MR) is 73.7 cm³/mol. The van der Waals surface area contributed by atoms with Crippen LogP contribution >= 0.6 is 11.8 Å². The van der Waals surface area contributed by atoms with Crippen LogP contribution in [0.2, 0.25) is 0 Å². The molecule has 0 bridgehead atoms. The average Bonchev–Trinajstić information content (AvgIpc) is 2.77. The highest BCUT2D eigenvalue weighted by Crippen LogP contribution is 2.23. The Labute approximate surface area is 108 Å². The van der Waals surface area contributed by atoms with Gasteiger partial charge in [-0.25, -0.2) is 0 Å². The van der Waals surface area contributed by atoms with Gasteiger partial charge in [0.15, 0.2) is 5.17 Å². The first-order valence-electron chi connectivity index (χ1n) is 6.55. The summed E-state index contributed by atoms with van der Waals surface area (Å²) in [6.07, 6.45) is 0.681. The van der Waals surface area contributed by atoms with E-state index in [1.807, 2.05) is 18.7 Å². The van der Waals surface area contributed by atoms with Gasteiger partial charge in [-0.15, -0.1) is 0 Å². The Balaban J connectivity index is 1.74. The lowest BCUT2D eigenvalue weighted by Gasteiger charge is -2.36. The Bertz CT molecular complexity index is 277. The maximum absolute atomic E-state index is 9.64. The van der Waals surface area contributed by atoms with Crippen molar-refractivity contribution in [2.24, 2.45) is 4.99 Å². The lowest BCUT2D eigenvalue weighted by atomic mass is 10.2. The highest BCUT2D eigenvalue weighted by molar-refractivity contribution is 8.14. The number of aliphatic hydroxyl groups excluding tert-OH is 1. The third-order valence-corrected chi connectivity index (χ3v) is 4.52. The molecule has 0 aromatic carbocycles. The summed E-state index contributed by atoms with van der Waals surface area (Å²) in [6.45, 7) is 10.2. The average molecular weight is 257 g/mol. The van der Waals surface area contributed by atoms with Crippen molar-refractivity contribution in [2.45, 2.75) is 31.6 Å². The van der Waals surface area contributed by atoms with Crippen LogP contribution in [0.15, 0.2) is 4.99 Å². The SMILES string of the molecule is CC[C@@H](O)CN1CCN(C2=NCC(C)S2)CC1. The van der Waals surface area contributed by atoms with E-state index in [4.69, 9.17) is 0 Å². The summed E-state index contributed by atoms with van der Waals surface area (Å²) in [5, 5.41) is 11.5. The number of rotatable bonds is 3. The van der Waals surface area contributed by atoms with E-state index >= 15 is 0 Å². The molecule has 0 radical (unpaired) electrons. The van der Waals surface area contributed by atoms with Gasteiger partial charge in [0, 0.05) is 38.0 Å². The van der Waals surface area contributed by atoms with E-state index < -0.39 is 0 Å². The molecule has 5 heteroatoms. The molecule has 2 aliphatic rings. The van der Waals surface area contributed by atoms with Crippen LogP contribution in [0.25, 0.3) is 0 Å². The van der Waals surface area contributed by atoms with E-state index in [0.29, 0.717) is 5.25 Å². The fourth-order valence-corrected chi connectivity index (χ4v) is 3.17. The number of nitrogens with zero attached hydrogens (tertiary/aromatic N) is 3. The number of hydrogen-bond acceptors (Lipinski definition) is 5. The smallest absolute Gasteiger partial charge is 0.159 e. The molecule has 98 valence electrons. The van der Waals surface area contributed by atoms with E-state index in [1.165, 1.54) is 5.17 Å².